The number of rotatable bonds is 4. The Bertz CT molecular complexity index is 624. The van der Waals surface area contributed by atoms with Gasteiger partial charge in [-0.05, 0) is 32.4 Å². The van der Waals surface area contributed by atoms with E-state index in [0.29, 0.717) is 6.17 Å². The highest BCUT2D eigenvalue weighted by Gasteiger charge is 2.31. The number of nitrogens with zero attached hydrogens (tertiary/aromatic N) is 2. The molecule has 0 saturated carbocycles. The predicted octanol–water partition coefficient (Wildman–Crippen LogP) is 3.57. The average Bonchev–Trinajstić information content (AvgIpc) is 2.78. The van der Waals surface area contributed by atoms with Gasteiger partial charge in [0.15, 0.2) is 0 Å². The van der Waals surface area contributed by atoms with E-state index in [1.807, 2.05) is 0 Å². The Hall–Kier alpha value is -1.79. The van der Waals surface area contributed by atoms with Crippen molar-refractivity contribution >= 4 is 18.5 Å². The molecule has 0 fully saturated rings. The zero-order chi connectivity index (χ0) is 16.4. The van der Waals surface area contributed by atoms with Crippen LogP contribution in [-0.2, 0) is 0 Å². The van der Waals surface area contributed by atoms with E-state index >= 15 is 0 Å². The van der Waals surface area contributed by atoms with Gasteiger partial charge in [0.05, 0.1) is 0 Å². The zero-order valence-electron chi connectivity index (χ0n) is 14.4. The topological polar surface area (TPSA) is 6.48 Å². The van der Waals surface area contributed by atoms with Crippen LogP contribution in [-0.4, -0.2) is 36.2 Å². The summed E-state index contributed by atoms with van der Waals surface area (Å²) in [6.45, 7) is 4.44. The first-order valence-corrected chi connectivity index (χ1v) is 9.63. The number of hydrogen-bond donors (Lipinski definition) is 0. The van der Waals surface area contributed by atoms with Gasteiger partial charge >= 0.3 is 0 Å². The van der Waals surface area contributed by atoms with E-state index in [4.69, 9.17) is 0 Å². The van der Waals surface area contributed by atoms with E-state index in [9.17, 15) is 0 Å². The molecule has 0 amide bonds. The van der Waals surface area contributed by atoms with Crippen molar-refractivity contribution in [2.24, 2.45) is 0 Å². The van der Waals surface area contributed by atoms with E-state index in [-0.39, 0.29) is 7.92 Å². The van der Waals surface area contributed by atoms with Gasteiger partial charge in [0.2, 0.25) is 0 Å². The highest BCUT2D eigenvalue weighted by atomic mass is 31.1. The molecule has 3 rings (SSSR count). The second-order valence-corrected chi connectivity index (χ2v) is 8.41. The molecule has 0 aliphatic carbocycles. The molecule has 0 atom stereocenters. The lowest BCUT2D eigenvalue weighted by molar-refractivity contribution is 0.213. The van der Waals surface area contributed by atoms with Crippen molar-refractivity contribution in [1.29, 1.82) is 0 Å². The van der Waals surface area contributed by atoms with Crippen molar-refractivity contribution in [2.75, 3.05) is 20.3 Å². The molecule has 2 aromatic carbocycles. The van der Waals surface area contributed by atoms with Gasteiger partial charge in [0.1, 0.15) is 6.17 Å². The Kier molecular flexibility index (Phi) is 4.73. The minimum atomic E-state index is -0.363. The summed E-state index contributed by atoms with van der Waals surface area (Å²) in [5.74, 6) is 0. The molecule has 0 radical (unpaired) electrons. The zero-order valence-corrected chi connectivity index (χ0v) is 15.3. The third-order valence-corrected chi connectivity index (χ3v) is 7.49. The highest BCUT2D eigenvalue weighted by Crippen LogP contribution is 2.39. The van der Waals surface area contributed by atoms with E-state index < -0.39 is 0 Å². The molecule has 2 nitrogen and oxygen atoms in total. The normalized spacial score (nSPS) is 15.9. The molecule has 1 aliphatic heterocycles. The number of benzene rings is 2. The molecule has 0 unspecified atom stereocenters. The Morgan fingerprint density at radius 1 is 0.739 bits per heavy atom. The lowest BCUT2D eigenvalue weighted by Gasteiger charge is -2.33. The van der Waals surface area contributed by atoms with Crippen molar-refractivity contribution < 1.29 is 0 Å². The van der Waals surface area contributed by atoms with Crippen molar-refractivity contribution in [3.63, 3.8) is 0 Å². The van der Waals surface area contributed by atoms with E-state index in [1.165, 1.54) is 22.0 Å². The molecular formula is C20H25N2P. The SMILES string of the molecule is CC1=C(C)N(C)C(CP(c2ccccc2)c2ccccc2)N1C. The minimum Gasteiger partial charge on any atom is -0.356 e. The van der Waals surface area contributed by atoms with E-state index in [1.54, 1.807) is 0 Å². The fraction of sp³-hybridized carbons (Fsp3) is 0.300. The Balaban J connectivity index is 1.92. The van der Waals surface area contributed by atoms with Crippen LogP contribution in [0.4, 0.5) is 0 Å². The fourth-order valence-corrected chi connectivity index (χ4v) is 5.80. The second kappa shape index (κ2) is 6.76. The van der Waals surface area contributed by atoms with Crippen molar-refractivity contribution in [3.8, 4) is 0 Å². The van der Waals surface area contributed by atoms with Crippen LogP contribution in [0.2, 0.25) is 0 Å². The molecule has 0 spiro atoms. The summed E-state index contributed by atoms with van der Waals surface area (Å²) in [6.07, 6.45) is 1.58. The lowest BCUT2D eigenvalue weighted by atomic mass is 10.4. The quantitative estimate of drug-likeness (QED) is 0.793. The molecule has 2 aromatic rings. The maximum atomic E-state index is 2.43. The smallest absolute Gasteiger partial charge is 0.105 e. The van der Waals surface area contributed by atoms with Gasteiger partial charge in [0.25, 0.3) is 0 Å². The van der Waals surface area contributed by atoms with Gasteiger partial charge in [-0.25, -0.2) is 0 Å². The summed E-state index contributed by atoms with van der Waals surface area (Å²) in [5, 5.41) is 2.91. The first kappa shape index (κ1) is 16.1. The minimum absolute atomic E-state index is 0.363. The van der Waals surface area contributed by atoms with Gasteiger partial charge < -0.3 is 9.80 Å². The molecule has 0 bridgehead atoms. The molecule has 0 aromatic heterocycles. The van der Waals surface area contributed by atoms with Gasteiger partial charge in [-0.1, -0.05) is 60.7 Å². The van der Waals surface area contributed by atoms with Gasteiger partial charge in [0, 0.05) is 31.7 Å². The lowest BCUT2D eigenvalue weighted by Crippen LogP contribution is -2.40. The summed E-state index contributed by atoms with van der Waals surface area (Å²) in [4.78, 5) is 4.85. The predicted molar refractivity (Wildman–Crippen MR) is 102 cm³/mol. The maximum absolute atomic E-state index is 2.43. The molecule has 0 N–H and O–H groups in total. The summed E-state index contributed by atoms with van der Waals surface area (Å²) >= 11 is 0. The van der Waals surface area contributed by atoms with Gasteiger partial charge in [-0.2, -0.15) is 0 Å². The van der Waals surface area contributed by atoms with Crippen LogP contribution in [0.3, 0.4) is 0 Å². The molecular weight excluding hydrogens is 299 g/mol. The Labute approximate surface area is 141 Å². The van der Waals surface area contributed by atoms with Crippen molar-refractivity contribution in [3.05, 3.63) is 72.1 Å². The summed E-state index contributed by atoms with van der Waals surface area (Å²) < 4.78 is 0. The molecule has 120 valence electrons. The van der Waals surface area contributed by atoms with Crippen LogP contribution in [0.25, 0.3) is 0 Å². The third kappa shape index (κ3) is 3.14. The largest absolute Gasteiger partial charge is 0.356 e. The maximum Gasteiger partial charge on any atom is 0.105 e. The van der Waals surface area contributed by atoms with Crippen molar-refractivity contribution in [2.45, 2.75) is 20.0 Å². The Morgan fingerprint density at radius 2 is 1.13 bits per heavy atom. The fourth-order valence-electron chi connectivity index (χ4n) is 3.20. The molecule has 1 aliphatic rings. The molecule has 1 heterocycles. The molecule has 3 heteroatoms. The number of hydrogen-bond acceptors (Lipinski definition) is 2. The summed E-state index contributed by atoms with van der Waals surface area (Å²) in [6, 6.07) is 21.9. The number of allylic oxidation sites excluding steroid dienone is 2. The second-order valence-electron chi connectivity index (χ2n) is 6.15. The standard InChI is InChI=1S/C20H25N2P/c1-16-17(2)22(4)20(21(16)3)15-23(18-11-7-5-8-12-18)19-13-9-6-10-14-19/h5-14,20H,15H2,1-4H3. The first-order chi connectivity index (χ1) is 11.1. The summed E-state index contributed by atoms with van der Waals surface area (Å²) in [5.41, 5.74) is 2.77. The third-order valence-electron chi connectivity index (χ3n) is 4.96. The first-order valence-electron chi connectivity index (χ1n) is 8.10. The Morgan fingerprint density at radius 3 is 1.52 bits per heavy atom. The van der Waals surface area contributed by atoms with E-state index in [0.717, 1.165) is 6.16 Å². The van der Waals surface area contributed by atoms with Crippen LogP contribution >= 0.6 is 7.92 Å². The molecule has 0 saturated heterocycles. The van der Waals surface area contributed by atoms with Crippen LogP contribution in [0.15, 0.2) is 72.1 Å². The highest BCUT2D eigenvalue weighted by molar-refractivity contribution is 7.73. The molecule has 23 heavy (non-hydrogen) atoms. The van der Waals surface area contributed by atoms with Crippen LogP contribution in [0.5, 0.6) is 0 Å². The average molecular weight is 324 g/mol. The van der Waals surface area contributed by atoms with Crippen LogP contribution in [0.1, 0.15) is 13.8 Å². The van der Waals surface area contributed by atoms with E-state index in [2.05, 4.69) is 98.4 Å². The van der Waals surface area contributed by atoms with Gasteiger partial charge in [-0.15, -0.1) is 0 Å². The monoisotopic (exact) mass is 324 g/mol. The summed E-state index contributed by atoms with van der Waals surface area (Å²) in [7, 11) is 4.07. The van der Waals surface area contributed by atoms with Crippen LogP contribution < -0.4 is 10.6 Å². The van der Waals surface area contributed by atoms with Gasteiger partial charge in [-0.3, -0.25) is 0 Å². The van der Waals surface area contributed by atoms with Crippen LogP contribution in [0, 0.1) is 0 Å². The van der Waals surface area contributed by atoms with Crippen molar-refractivity contribution in [1.82, 2.24) is 9.80 Å².